The number of carbonyl (C=O) groups is 3. The number of nitrogens with zero attached hydrogens (tertiary/aromatic N) is 18. The number of urea groups is 3. The van der Waals surface area contributed by atoms with Crippen LogP contribution in [0, 0.1) is 55.7 Å². The molecule has 6 aliphatic rings. The molecule has 9 aromatic rings. The second-order valence-corrected chi connectivity index (χ2v) is 28.5. The van der Waals surface area contributed by atoms with Crippen LogP contribution < -0.4 is 50.2 Å². The van der Waals surface area contributed by atoms with E-state index in [2.05, 4.69) is 65.4 Å². The van der Waals surface area contributed by atoms with Crippen LogP contribution in [-0.4, -0.2) is 272 Å². The highest BCUT2D eigenvalue weighted by atomic mass is 19.2. The number of morpholine rings is 3. The number of nitrogens with one attached hydrogen (secondary N) is 3. The number of halogens is 6. The summed E-state index contributed by atoms with van der Waals surface area (Å²) in [5.74, 6) is -2.37. The predicted molar refractivity (Wildman–Crippen MR) is 420 cm³/mol. The fraction of sp³-hybridized carbons (Fsp3) is 0.423. The molecule has 6 aliphatic heterocycles. The first-order chi connectivity index (χ1) is 53.5. The van der Waals surface area contributed by atoms with Crippen molar-refractivity contribution in [3.05, 3.63) is 143 Å². The summed E-state index contributed by atoms with van der Waals surface area (Å²) in [5, 5.41) is 10.6. The van der Waals surface area contributed by atoms with Crippen LogP contribution in [0.25, 0.3) is 32.7 Å². The average molecular weight is 1530 g/mol. The van der Waals surface area contributed by atoms with Gasteiger partial charge in [-0.15, -0.1) is 0 Å². The van der Waals surface area contributed by atoms with Crippen LogP contribution >= 0.6 is 0 Å². The first kappa shape index (κ1) is 78.1. The number of hydrogen-bond donors (Lipinski definition) is 3. The van der Waals surface area contributed by atoms with E-state index in [1.54, 1.807) is 94.9 Å². The molecule has 0 atom stereocenters. The summed E-state index contributed by atoms with van der Waals surface area (Å²) in [4.78, 5) is 88.1. The fourth-order valence-corrected chi connectivity index (χ4v) is 14.7. The van der Waals surface area contributed by atoms with Crippen LogP contribution in [0.5, 0.6) is 0 Å². The molecule has 3 aromatic carbocycles. The van der Waals surface area contributed by atoms with Crippen molar-refractivity contribution in [2.24, 2.45) is 0 Å². The van der Waals surface area contributed by atoms with Crippen molar-refractivity contribution in [1.82, 2.24) is 59.7 Å². The van der Waals surface area contributed by atoms with E-state index in [1.165, 1.54) is 32.9 Å². The molecule has 33 heteroatoms. The van der Waals surface area contributed by atoms with Crippen molar-refractivity contribution < 1.29 is 54.9 Å². The molecule has 111 heavy (non-hydrogen) atoms. The number of fused-ring (bicyclic) bond motifs is 3. The Morgan fingerprint density at radius 3 is 1.14 bits per heavy atom. The lowest BCUT2D eigenvalue weighted by molar-refractivity contribution is 0.122. The van der Waals surface area contributed by atoms with E-state index in [9.17, 15) is 31.9 Å². The third-order valence-corrected chi connectivity index (χ3v) is 20.4. The molecule has 0 radical (unpaired) electrons. The third-order valence-electron chi connectivity index (χ3n) is 20.4. The minimum atomic E-state index is -0.822. The lowest BCUT2D eigenvalue weighted by atomic mass is 10.1. The number of hydrogen-bond acceptors (Lipinski definition) is 21. The Kier molecular flexibility index (Phi) is 24.3. The van der Waals surface area contributed by atoms with Gasteiger partial charge in [-0.05, 0) is 39.0 Å². The highest BCUT2D eigenvalue weighted by molar-refractivity contribution is 6.10. The summed E-state index contributed by atoms with van der Waals surface area (Å²) >= 11 is 0. The average Bonchev–Trinajstić information content (AvgIpc) is 0.739. The van der Waals surface area contributed by atoms with Crippen molar-refractivity contribution >= 4 is 119 Å². The summed E-state index contributed by atoms with van der Waals surface area (Å²) in [5.41, 5.74) is 8.66. The Balaban J connectivity index is 0.000000147. The second-order valence-electron chi connectivity index (χ2n) is 28.5. The van der Waals surface area contributed by atoms with Crippen molar-refractivity contribution in [3.8, 4) is 0 Å². The Labute approximate surface area is 640 Å². The Hall–Kier alpha value is -11.0. The monoisotopic (exact) mass is 1530 g/mol. The van der Waals surface area contributed by atoms with Crippen LogP contribution in [0.2, 0.25) is 0 Å². The summed E-state index contributed by atoms with van der Waals surface area (Å²) < 4.78 is 105. The summed E-state index contributed by atoms with van der Waals surface area (Å²) in [6, 6.07) is 11.6. The van der Waals surface area contributed by atoms with Gasteiger partial charge in [-0.25, -0.2) is 55.7 Å². The highest BCUT2D eigenvalue weighted by Gasteiger charge is 2.34. The Bertz CT molecular complexity index is 4870. The molecule has 0 bridgehead atoms. The van der Waals surface area contributed by atoms with Crippen LogP contribution in [0.3, 0.4) is 0 Å². The molecule has 0 saturated carbocycles. The first-order valence-electron chi connectivity index (χ1n) is 37.1. The zero-order valence-corrected chi connectivity index (χ0v) is 63.9. The maximum absolute atomic E-state index is 15.7. The van der Waals surface area contributed by atoms with Gasteiger partial charge in [0.05, 0.1) is 161 Å². The van der Waals surface area contributed by atoms with Gasteiger partial charge < -0.3 is 84.1 Å². The molecule has 0 aliphatic carbocycles. The summed E-state index contributed by atoms with van der Waals surface area (Å²) in [6.45, 7) is 21.1. The predicted octanol–water partition coefficient (Wildman–Crippen LogP) is 10.5. The van der Waals surface area contributed by atoms with Gasteiger partial charge in [-0.1, -0.05) is 0 Å². The number of benzene rings is 3. The lowest BCUT2D eigenvalue weighted by Gasteiger charge is -2.38. The molecule has 6 saturated heterocycles. The molecule has 6 fully saturated rings. The first-order valence-corrected chi connectivity index (χ1v) is 37.1. The number of piperazine rings is 3. The normalized spacial score (nSPS) is 16.3. The van der Waals surface area contributed by atoms with E-state index in [1.807, 2.05) is 43.1 Å². The Morgan fingerprint density at radius 1 is 0.396 bits per heavy atom. The molecule has 0 spiro atoms. The van der Waals surface area contributed by atoms with Gasteiger partial charge in [-0.3, -0.25) is 19.9 Å². The van der Waals surface area contributed by atoms with Crippen LogP contribution in [0.1, 0.15) is 16.7 Å². The van der Waals surface area contributed by atoms with Gasteiger partial charge in [0, 0.05) is 213 Å². The van der Waals surface area contributed by atoms with Gasteiger partial charge in [-0.2, -0.15) is 0 Å². The van der Waals surface area contributed by atoms with Crippen molar-refractivity contribution in [3.63, 3.8) is 0 Å². The largest absolute Gasteiger partial charge is 0.378 e. The smallest absolute Gasteiger partial charge is 0.328 e. The van der Waals surface area contributed by atoms with Crippen molar-refractivity contribution in [1.29, 1.82) is 0 Å². The number of rotatable bonds is 12. The zero-order chi connectivity index (χ0) is 78.3. The maximum atomic E-state index is 15.7. The molecule has 588 valence electrons. The minimum absolute atomic E-state index is 0.0334. The second kappa shape index (κ2) is 34.5. The third kappa shape index (κ3) is 17.4. The van der Waals surface area contributed by atoms with Gasteiger partial charge in [0.2, 0.25) is 0 Å². The molecule has 12 heterocycles. The maximum Gasteiger partial charge on any atom is 0.328 e. The van der Waals surface area contributed by atoms with E-state index in [0.717, 1.165) is 110 Å². The van der Waals surface area contributed by atoms with Gasteiger partial charge in [0.1, 0.15) is 52.4 Å². The number of pyridine rings is 6. The van der Waals surface area contributed by atoms with Gasteiger partial charge >= 0.3 is 18.1 Å². The summed E-state index contributed by atoms with van der Waals surface area (Å²) in [6.07, 6.45) is 10.3. The molecule has 0 unspecified atom stereocenters. The molecule has 27 nitrogen and oxygen atoms in total. The van der Waals surface area contributed by atoms with Gasteiger partial charge in [0.15, 0.2) is 0 Å². The Morgan fingerprint density at radius 2 is 0.748 bits per heavy atom. The molecular formula is C78H93F6N21O6. The van der Waals surface area contributed by atoms with Crippen LogP contribution in [0.4, 0.5) is 109 Å². The summed E-state index contributed by atoms with van der Waals surface area (Å²) in [7, 11) is 10.1. The molecule has 15 rings (SSSR count). The number of carbonyl (C=O) groups excluding carboxylic acids is 3. The van der Waals surface area contributed by atoms with Crippen LogP contribution in [-0.2, 0) is 14.2 Å². The number of amides is 6. The van der Waals surface area contributed by atoms with E-state index < -0.39 is 40.9 Å². The van der Waals surface area contributed by atoms with Crippen LogP contribution in [0.15, 0.2) is 91.8 Å². The zero-order valence-electron chi connectivity index (χ0n) is 63.9. The molecule has 3 N–H and O–H groups in total. The highest BCUT2D eigenvalue weighted by Crippen LogP contribution is 2.44. The topological polar surface area (TPSA) is 231 Å². The van der Waals surface area contributed by atoms with E-state index >= 15 is 8.78 Å². The quantitative estimate of drug-likeness (QED) is 0.0965. The SMILES string of the molecule is Cc1c(N2CCN(C(=O)N(C)C)CC2)nc2cc(F)cc(F)c2c1N(C(=O)N(C)C)c1cncc(N2CCOCC2)c1.Cc1c(N2CCN(C(=O)N(C)C)CC2)nc2cc(F)cc(F)c2c1Nc1cncc(N2CCOCC2)c1.Cc1c(N2CCNCC2)nc2cc(F)cc(F)c2c1Nc1cncc(N2CCOCC2)c1. The van der Waals surface area contributed by atoms with E-state index in [0.29, 0.717) is 151 Å². The lowest BCUT2D eigenvalue weighted by Crippen LogP contribution is -2.52. The standard InChI is InChI=1S/C29H36F2N8O3.C26H31F2N7O2.C23H26F2N6O/c1-19-26(39(29(41)35(4)5)22-16-21(17-32-18-22)36-10-12-42-13-11-36)25-23(31)14-20(30)15-24(25)33-27(19)37-6-8-38(9-7-37)28(40)34(2)3;1-17-24(30-19-14-20(16-29-15-19)33-8-10-37-11-9-33)23-21(28)12-18(27)13-22(23)31-25(17)34-4-6-35(7-5-34)26(36)32(2)3;1-15-22(28-17-12-18(14-27-13-17)30-6-8-32-9-7-30)21-19(25)10-16(24)11-20(21)29-23(15)31-4-2-26-3-5-31/h14-18H,6-13H2,1-5H3;12-16H,4-11H2,1-3H3,(H,30,31);10-14,26H,2-9H2,1H3,(H,28,29). The van der Waals surface area contributed by atoms with E-state index in [-0.39, 0.29) is 44.9 Å². The van der Waals surface area contributed by atoms with Crippen molar-refractivity contribution in [2.45, 2.75) is 20.8 Å². The minimum Gasteiger partial charge on any atom is -0.378 e. The molecular weight excluding hydrogens is 1440 g/mol. The van der Waals surface area contributed by atoms with Gasteiger partial charge in [0.25, 0.3) is 0 Å². The van der Waals surface area contributed by atoms with Crippen molar-refractivity contribution in [2.75, 3.05) is 245 Å². The number of ether oxygens (including phenoxy) is 3. The number of anilines is 12. The molecule has 6 amide bonds. The van der Waals surface area contributed by atoms with E-state index in [4.69, 9.17) is 19.2 Å². The fourth-order valence-electron chi connectivity index (χ4n) is 14.7. The molecule has 6 aromatic heterocycles. The number of aromatic nitrogens is 6.